The second kappa shape index (κ2) is 5.85. The van der Waals surface area contributed by atoms with Gasteiger partial charge in [-0.2, -0.15) is 0 Å². The predicted molar refractivity (Wildman–Crippen MR) is 72.8 cm³/mol. The standard InChI is InChI=1S/C14H20N2O2/c1-11-5-3-2-4-6-14(11)15-12-7-9-13(10-8-12)16(17)18/h7-11,14-15H,2-6H2,1H3. The maximum absolute atomic E-state index is 10.6. The van der Waals surface area contributed by atoms with Crippen LogP contribution in [-0.4, -0.2) is 11.0 Å². The SMILES string of the molecule is CC1CCCCCC1Nc1ccc([N+](=O)[O-])cc1. The molecule has 0 saturated heterocycles. The van der Waals surface area contributed by atoms with Gasteiger partial charge in [0.1, 0.15) is 0 Å². The third-order valence-corrected chi connectivity index (χ3v) is 3.79. The summed E-state index contributed by atoms with van der Waals surface area (Å²) in [5, 5.41) is 14.1. The van der Waals surface area contributed by atoms with Crippen LogP contribution in [0.3, 0.4) is 0 Å². The van der Waals surface area contributed by atoms with Gasteiger partial charge in [0.25, 0.3) is 5.69 Å². The van der Waals surface area contributed by atoms with Gasteiger partial charge in [-0.05, 0) is 30.9 Å². The van der Waals surface area contributed by atoms with Crippen molar-refractivity contribution in [3.63, 3.8) is 0 Å². The monoisotopic (exact) mass is 248 g/mol. The molecule has 2 atom stereocenters. The number of non-ortho nitro benzene ring substituents is 1. The number of nitrogens with one attached hydrogen (secondary N) is 1. The van der Waals surface area contributed by atoms with Crippen LogP contribution in [-0.2, 0) is 0 Å². The summed E-state index contributed by atoms with van der Waals surface area (Å²) in [5.74, 6) is 0.669. The predicted octanol–water partition coefficient (Wildman–Crippen LogP) is 3.98. The minimum Gasteiger partial charge on any atom is -0.382 e. The van der Waals surface area contributed by atoms with E-state index in [2.05, 4.69) is 12.2 Å². The van der Waals surface area contributed by atoms with Gasteiger partial charge in [-0.1, -0.05) is 26.2 Å². The smallest absolute Gasteiger partial charge is 0.269 e. The number of anilines is 1. The van der Waals surface area contributed by atoms with E-state index in [0.717, 1.165) is 5.69 Å². The van der Waals surface area contributed by atoms with E-state index in [0.29, 0.717) is 12.0 Å². The Bertz CT molecular complexity index is 403. The van der Waals surface area contributed by atoms with E-state index in [9.17, 15) is 10.1 Å². The van der Waals surface area contributed by atoms with Crippen LogP contribution >= 0.6 is 0 Å². The number of hydrogen-bond donors (Lipinski definition) is 1. The van der Waals surface area contributed by atoms with E-state index in [4.69, 9.17) is 0 Å². The van der Waals surface area contributed by atoms with Gasteiger partial charge in [-0.15, -0.1) is 0 Å². The Morgan fingerprint density at radius 2 is 1.83 bits per heavy atom. The molecular weight excluding hydrogens is 228 g/mol. The molecule has 2 rings (SSSR count). The highest BCUT2D eigenvalue weighted by Crippen LogP contribution is 2.26. The van der Waals surface area contributed by atoms with E-state index in [1.165, 1.54) is 32.1 Å². The zero-order valence-corrected chi connectivity index (χ0v) is 10.8. The third kappa shape index (κ3) is 3.22. The van der Waals surface area contributed by atoms with Crippen molar-refractivity contribution in [1.29, 1.82) is 0 Å². The molecule has 1 fully saturated rings. The Kier molecular flexibility index (Phi) is 4.18. The van der Waals surface area contributed by atoms with Crippen molar-refractivity contribution in [3.8, 4) is 0 Å². The molecular formula is C14H20N2O2. The molecule has 0 amide bonds. The minimum atomic E-state index is -0.363. The quantitative estimate of drug-likeness (QED) is 0.500. The Labute approximate surface area is 108 Å². The van der Waals surface area contributed by atoms with Crippen LogP contribution in [0.25, 0.3) is 0 Å². The van der Waals surface area contributed by atoms with Gasteiger partial charge >= 0.3 is 0 Å². The molecule has 0 aliphatic heterocycles. The van der Waals surface area contributed by atoms with Crippen LogP contribution < -0.4 is 5.32 Å². The Morgan fingerprint density at radius 1 is 1.17 bits per heavy atom. The average molecular weight is 248 g/mol. The lowest BCUT2D eigenvalue weighted by atomic mass is 9.97. The first-order valence-corrected chi connectivity index (χ1v) is 6.68. The fourth-order valence-corrected chi connectivity index (χ4v) is 2.60. The molecule has 1 aliphatic rings. The highest BCUT2D eigenvalue weighted by molar-refractivity contribution is 5.49. The lowest BCUT2D eigenvalue weighted by Gasteiger charge is -2.23. The zero-order chi connectivity index (χ0) is 13.0. The van der Waals surface area contributed by atoms with Crippen molar-refractivity contribution in [2.24, 2.45) is 5.92 Å². The van der Waals surface area contributed by atoms with Gasteiger partial charge in [-0.3, -0.25) is 10.1 Å². The lowest BCUT2D eigenvalue weighted by molar-refractivity contribution is -0.384. The number of rotatable bonds is 3. The summed E-state index contributed by atoms with van der Waals surface area (Å²) in [7, 11) is 0. The molecule has 1 aromatic carbocycles. The average Bonchev–Trinajstić information content (AvgIpc) is 2.56. The summed E-state index contributed by atoms with van der Waals surface area (Å²) in [6.45, 7) is 2.29. The van der Waals surface area contributed by atoms with Crippen LogP contribution in [0.4, 0.5) is 11.4 Å². The molecule has 0 spiro atoms. The fourth-order valence-electron chi connectivity index (χ4n) is 2.60. The van der Waals surface area contributed by atoms with E-state index in [1.54, 1.807) is 24.3 Å². The summed E-state index contributed by atoms with van der Waals surface area (Å²) >= 11 is 0. The molecule has 18 heavy (non-hydrogen) atoms. The van der Waals surface area contributed by atoms with Crippen molar-refractivity contribution in [3.05, 3.63) is 34.4 Å². The zero-order valence-electron chi connectivity index (χ0n) is 10.8. The first kappa shape index (κ1) is 12.9. The van der Waals surface area contributed by atoms with E-state index < -0.39 is 0 Å². The van der Waals surface area contributed by atoms with Crippen LogP contribution in [0.15, 0.2) is 24.3 Å². The largest absolute Gasteiger partial charge is 0.382 e. The van der Waals surface area contributed by atoms with Crippen molar-refractivity contribution < 1.29 is 4.92 Å². The molecule has 1 N–H and O–H groups in total. The lowest BCUT2D eigenvalue weighted by Crippen LogP contribution is -2.26. The van der Waals surface area contributed by atoms with Crippen LogP contribution in [0.2, 0.25) is 0 Å². The summed E-state index contributed by atoms with van der Waals surface area (Å²) in [4.78, 5) is 10.2. The first-order valence-electron chi connectivity index (χ1n) is 6.68. The molecule has 4 heteroatoms. The Morgan fingerprint density at radius 3 is 2.50 bits per heavy atom. The molecule has 0 heterocycles. The molecule has 0 bridgehead atoms. The number of benzene rings is 1. The van der Waals surface area contributed by atoms with Gasteiger partial charge < -0.3 is 5.32 Å². The van der Waals surface area contributed by atoms with Gasteiger partial charge in [0.15, 0.2) is 0 Å². The van der Waals surface area contributed by atoms with Gasteiger partial charge in [0, 0.05) is 23.9 Å². The third-order valence-electron chi connectivity index (χ3n) is 3.79. The van der Waals surface area contributed by atoms with E-state index in [-0.39, 0.29) is 10.6 Å². The van der Waals surface area contributed by atoms with Crippen LogP contribution in [0.5, 0.6) is 0 Å². The van der Waals surface area contributed by atoms with Crippen molar-refractivity contribution >= 4 is 11.4 Å². The second-order valence-corrected chi connectivity index (χ2v) is 5.17. The summed E-state index contributed by atoms with van der Waals surface area (Å²) in [6.07, 6.45) is 6.38. The number of nitro benzene ring substituents is 1. The molecule has 0 aromatic heterocycles. The number of hydrogen-bond acceptors (Lipinski definition) is 3. The molecule has 2 unspecified atom stereocenters. The first-order chi connectivity index (χ1) is 8.66. The summed E-state index contributed by atoms with van der Waals surface area (Å²) < 4.78 is 0. The molecule has 0 radical (unpaired) electrons. The van der Waals surface area contributed by atoms with Gasteiger partial charge in [0.05, 0.1) is 4.92 Å². The van der Waals surface area contributed by atoms with E-state index in [1.807, 2.05) is 0 Å². The molecule has 4 nitrogen and oxygen atoms in total. The highest BCUT2D eigenvalue weighted by atomic mass is 16.6. The van der Waals surface area contributed by atoms with Crippen molar-refractivity contribution in [2.45, 2.75) is 45.1 Å². The van der Waals surface area contributed by atoms with Gasteiger partial charge in [0.2, 0.25) is 0 Å². The molecule has 98 valence electrons. The molecule has 1 aromatic rings. The summed E-state index contributed by atoms with van der Waals surface area (Å²) in [5.41, 5.74) is 1.13. The number of nitrogens with zero attached hydrogens (tertiary/aromatic N) is 1. The van der Waals surface area contributed by atoms with Crippen molar-refractivity contribution in [1.82, 2.24) is 0 Å². The maximum Gasteiger partial charge on any atom is 0.269 e. The second-order valence-electron chi connectivity index (χ2n) is 5.17. The summed E-state index contributed by atoms with van der Waals surface area (Å²) in [6, 6.07) is 7.22. The fraction of sp³-hybridized carbons (Fsp3) is 0.571. The minimum absolute atomic E-state index is 0.148. The van der Waals surface area contributed by atoms with Crippen LogP contribution in [0, 0.1) is 16.0 Å². The van der Waals surface area contributed by atoms with E-state index >= 15 is 0 Å². The molecule has 1 aliphatic carbocycles. The topological polar surface area (TPSA) is 55.2 Å². The van der Waals surface area contributed by atoms with Crippen molar-refractivity contribution in [2.75, 3.05) is 5.32 Å². The number of nitro groups is 1. The molecule has 1 saturated carbocycles. The normalized spacial score (nSPS) is 24.3. The maximum atomic E-state index is 10.6. The Hall–Kier alpha value is -1.58. The van der Waals surface area contributed by atoms with Gasteiger partial charge in [-0.25, -0.2) is 0 Å². The van der Waals surface area contributed by atoms with Crippen LogP contribution in [0.1, 0.15) is 39.0 Å². The highest BCUT2D eigenvalue weighted by Gasteiger charge is 2.19. The Balaban J connectivity index is 2.01.